The molecule has 0 spiro atoms. The lowest BCUT2D eigenvalue weighted by atomic mass is 10.1. The highest BCUT2D eigenvalue weighted by molar-refractivity contribution is 5.94. The van der Waals surface area contributed by atoms with Crippen LogP contribution in [0.25, 0.3) is 0 Å². The first-order chi connectivity index (χ1) is 16.8. The number of ether oxygens (including phenoxy) is 1. The molecule has 0 unspecified atom stereocenters. The summed E-state index contributed by atoms with van der Waals surface area (Å²) in [6.07, 6.45) is 0.829. The molecule has 0 atom stereocenters. The van der Waals surface area contributed by atoms with E-state index in [4.69, 9.17) is 9.84 Å². The van der Waals surface area contributed by atoms with Gasteiger partial charge in [-0.05, 0) is 56.5 Å². The van der Waals surface area contributed by atoms with E-state index in [0.717, 1.165) is 22.4 Å². The van der Waals surface area contributed by atoms with Crippen LogP contribution < -0.4 is 10.9 Å². The average molecular weight is 480 g/mol. The second kappa shape index (κ2) is 14.5. The topological polar surface area (TPSA) is 111 Å². The predicted molar refractivity (Wildman–Crippen MR) is 134 cm³/mol. The number of aromatic nitrogens is 2. The SMILES string of the molecule is CCOC(=O)Cc1cccc(Cn2nc(C)ccc2=O)c1.Cc1ccc(C(=O)NCCCO)cc1. The maximum atomic E-state index is 11.7. The summed E-state index contributed by atoms with van der Waals surface area (Å²) in [5, 5.41) is 15.5. The number of rotatable bonds is 9. The van der Waals surface area contributed by atoms with Crippen molar-refractivity contribution in [2.45, 2.75) is 40.2 Å². The molecule has 0 aliphatic heterocycles. The van der Waals surface area contributed by atoms with E-state index in [0.29, 0.717) is 31.7 Å². The second-order valence-corrected chi connectivity index (χ2v) is 7.97. The molecule has 0 aliphatic rings. The number of hydrogen-bond acceptors (Lipinski definition) is 6. The summed E-state index contributed by atoms with van der Waals surface area (Å²) in [4.78, 5) is 34.7. The molecule has 2 N–H and O–H groups in total. The molecule has 0 saturated heterocycles. The molecule has 3 rings (SSSR count). The van der Waals surface area contributed by atoms with Crippen molar-refractivity contribution in [2.75, 3.05) is 19.8 Å². The van der Waals surface area contributed by atoms with Gasteiger partial charge >= 0.3 is 5.97 Å². The van der Waals surface area contributed by atoms with Gasteiger partial charge in [0.1, 0.15) is 0 Å². The summed E-state index contributed by atoms with van der Waals surface area (Å²) < 4.78 is 6.35. The Kier molecular flexibility index (Phi) is 11.4. The molecule has 35 heavy (non-hydrogen) atoms. The van der Waals surface area contributed by atoms with E-state index in [1.807, 2.05) is 50.2 Å². The third-order valence-electron chi connectivity index (χ3n) is 4.91. The molecule has 0 fully saturated rings. The zero-order valence-corrected chi connectivity index (χ0v) is 20.5. The van der Waals surface area contributed by atoms with Crippen LogP contribution in [0.1, 0.15) is 46.1 Å². The number of benzene rings is 2. The molecule has 1 amide bonds. The standard InChI is InChI=1S/C16H18N2O3.C11H15NO2/c1-3-21-16(20)10-13-5-4-6-14(9-13)11-18-15(19)8-7-12(2)17-18;1-9-3-5-10(6-4-9)11(14)12-7-2-8-13/h4-9H,3,10-11H2,1-2H3;3-6,13H,2,7-8H2,1H3,(H,12,14). The number of aliphatic hydroxyl groups is 1. The number of nitrogens with zero attached hydrogens (tertiary/aromatic N) is 2. The minimum absolute atomic E-state index is 0.0848. The summed E-state index contributed by atoms with van der Waals surface area (Å²) in [7, 11) is 0. The summed E-state index contributed by atoms with van der Waals surface area (Å²) in [6, 6.07) is 18.1. The molecule has 0 saturated carbocycles. The summed E-state index contributed by atoms with van der Waals surface area (Å²) >= 11 is 0. The fraction of sp³-hybridized carbons (Fsp3) is 0.333. The minimum atomic E-state index is -0.250. The monoisotopic (exact) mass is 479 g/mol. The van der Waals surface area contributed by atoms with E-state index in [1.165, 1.54) is 10.7 Å². The highest BCUT2D eigenvalue weighted by Crippen LogP contribution is 2.08. The highest BCUT2D eigenvalue weighted by atomic mass is 16.5. The van der Waals surface area contributed by atoms with Crippen LogP contribution in [0.4, 0.5) is 0 Å². The van der Waals surface area contributed by atoms with Gasteiger partial charge in [0.05, 0.1) is 25.3 Å². The van der Waals surface area contributed by atoms with Gasteiger partial charge in [-0.25, -0.2) is 4.68 Å². The first-order valence-electron chi connectivity index (χ1n) is 11.6. The predicted octanol–water partition coefficient (Wildman–Crippen LogP) is 2.81. The quantitative estimate of drug-likeness (QED) is 0.361. The summed E-state index contributed by atoms with van der Waals surface area (Å²) in [5.41, 5.74) is 4.24. The van der Waals surface area contributed by atoms with E-state index in [-0.39, 0.29) is 30.5 Å². The van der Waals surface area contributed by atoms with Gasteiger partial charge in [0.15, 0.2) is 0 Å². The zero-order chi connectivity index (χ0) is 25.6. The number of esters is 1. The minimum Gasteiger partial charge on any atom is -0.466 e. The highest BCUT2D eigenvalue weighted by Gasteiger charge is 2.06. The van der Waals surface area contributed by atoms with Crippen molar-refractivity contribution in [1.82, 2.24) is 15.1 Å². The largest absolute Gasteiger partial charge is 0.466 e. The summed E-state index contributed by atoms with van der Waals surface area (Å²) in [5.74, 6) is -0.334. The molecule has 1 aromatic heterocycles. The molecule has 2 aromatic carbocycles. The van der Waals surface area contributed by atoms with Crippen LogP contribution in [-0.4, -0.2) is 46.5 Å². The van der Waals surface area contributed by atoms with Gasteiger partial charge in [0.25, 0.3) is 11.5 Å². The van der Waals surface area contributed by atoms with E-state index < -0.39 is 0 Å². The Morgan fingerprint density at radius 2 is 1.74 bits per heavy atom. The van der Waals surface area contributed by atoms with Crippen molar-refractivity contribution in [3.8, 4) is 0 Å². The maximum absolute atomic E-state index is 11.7. The van der Waals surface area contributed by atoms with Crippen LogP contribution >= 0.6 is 0 Å². The van der Waals surface area contributed by atoms with E-state index >= 15 is 0 Å². The molecular formula is C27H33N3O5. The van der Waals surface area contributed by atoms with Gasteiger partial charge in [-0.2, -0.15) is 5.10 Å². The number of aliphatic hydroxyl groups excluding tert-OH is 1. The molecule has 1 heterocycles. The van der Waals surface area contributed by atoms with Crippen molar-refractivity contribution >= 4 is 11.9 Å². The van der Waals surface area contributed by atoms with E-state index in [9.17, 15) is 14.4 Å². The molecule has 8 nitrogen and oxygen atoms in total. The van der Waals surface area contributed by atoms with Crippen LogP contribution in [0.2, 0.25) is 0 Å². The molecule has 3 aromatic rings. The van der Waals surface area contributed by atoms with Crippen molar-refractivity contribution in [2.24, 2.45) is 0 Å². The Balaban J connectivity index is 0.000000269. The second-order valence-electron chi connectivity index (χ2n) is 7.97. The Morgan fingerprint density at radius 3 is 2.43 bits per heavy atom. The fourth-order valence-corrected chi connectivity index (χ4v) is 3.14. The molecule has 0 aliphatic carbocycles. The lowest BCUT2D eigenvalue weighted by molar-refractivity contribution is -0.142. The molecule has 186 valence electrons. The normalized spacial score (nSPS) is 10.2. The third kappa shape index (κ3) is 9.93. The molecule has 8 heteroatoms. The lowest BCUT2D eigenvalue weighted by Crippen LogP contribution is -2.24. The van der Waals surface area contributed by atoms with Crippen molar-refractivity contribution in [1.29, 1.82) is 0 Å². The van der Waals surface area contributed by atoms with Gasteiger partial charge in [0, 0.05) is 24.8 Å². The number of aryl methyl sites for hydroxylation is 2. The van der Waals surface area contributed by atoms with Crippen LogP contribution in [0.15, 0.2) is 65.5 Å². The first-order valence-corrected chi connectivity index (χ1v) is 11.6. The number of amides is 1. The van der Waals surface area contributed by atoms with Gasteiger partial charge in [-0.1, -0.05) is 42.0 Å². The van der Waals surface area contributed by atoms with Gasteiger partial charge in [-0.3, -0.25) is 14.4 Å². The smallest absolute Gasteiger partial charge is 0.310 e. The van der Waals surface area contributed by atoms with Crippen molar-refractivity contribution in [3.05, 3.63) is 99.0 Å². The third-order valence-corrected chi connectivity index (χ3v) is 4.91. The fourth-order valence-electron chi connectivity index (χ4n) is 3.14. The van der Waals surface area contributed by atoms with Gasteiger partial charge in [0.2, 0.25) is 0 Å². The number of carbonyl (C=O) groups excluding carboxylic acids is 2. The van der Waals surface area contributed by atoms with Crippen LogP contribution in [0, 0.1) is 13.8 Å². The molecule has 0 radical (unpaired) electrons. The van der Waals surface area contributed by atoms with E-state index in [1.54, 1.807) is 25.1 Å². The Bertz CT molecular complexity index is 1160. The van der Waals surface area contributed by atoms with Gasteiger partial charge < -0.3 is 15.2 Å². The van der Waals surface area contributed by atoms with Crippen LogP contribution in [0.5, 0.6) is 0 Å². The Hall–Kier alpha value is -3.78. The lowest BCUT2D eigenvalue weighted by Gasteiger charge is -2.07. The average Bonchev–Trinajstić information content (AvgIpc) is 2.83. The number of hydrogen-bond donors (Lipinski definition) is 2. The maximum Gasteiger partial charge on any atom is 0.310 e. The number of carbonyl (C=O) groups is 2. The first kappa shape index (κ1) is 27.5. The van der Waals surface area contributed by atoms with E-state index in [2.05, 4.69) is 10.4 Å². The Morgan fingerprint density at radius 1 is 1.03 bits per heavy atom. The van der Waals surface area contributed by atoms with Crippen molar-refractivity contribution < 1.29 is 19.4 Å². The van der Waals surface area contributed by atoms with Crippen LogP contribution in [0.3, 0.4) is 0 Å². The zero-order valence-electron chi connectivity index (χ0n) is 20.5. The van der Waals surface area contributed by atoms with Crippen molar-refractivity contribution in [3.63, 3.8) is 0 Å². The van der Waals surface area contributed by atoms with Crippen LogP contribution in [-0.2, 0) is 22.5 Å². The molecule has 0 bridgehead atoms. The summed E-state index contributed by atoms with van der Waals surface area (Å²) in [6.45, 7) is 6.99. The number of nitrogens with one attached hydrogen (secondary N) is 1. The Labute approximate surface area is 205 Å². The molecular weight excluding hydrogens is 446 g/mol. The van der Waals surface area contributed by atoms with Gasteiger partial charge in [-0.15, -0.1) is 0 Å².